The molecule has 0 aromatic heterocycles. The number of amides is 1. The average Bonchev–Trinajstić information content (AvgIpc) is 3.13. The smallest absolute Gasteiger partial charge is 0.223 e. The third-order valence-electron chi connectivity index (χ3n) is 5.00. The van der Waals surface area contributed by atoms with E-state index in [0.717, 1.165) is 30.8 Å². The summed E-state index contributed by atoms with van der Waals surface area (Å²) in [5, 5.41) is 3.32. The molecular weight excluding hydrogens is 236 g/mol. The number of nitrogens with zero attached hydrogens (tertiary/aromatic N) is 1. The van der Waals surface area contributed by atoms with Gasteiger partial charge in [0.1, 0.15) is 0 Å². The Kier molecular flexibility index (Phi) is 3.84. The largest absolute Gasteiger partial charge is 0.353 e. The molecular formula is C16H28N2O. The Balaban J connectivity index is 1.59. The minimum absolute atomic E-state index is 0.334. The number of carbonyl (C=O) groups is 1. The summed E-state index contributed by atoms with van der Waals surface area (Å²) in [5.41, 5.74) is 0. The lowest BCUT2D eigenvalue weighted by atomic mass is 9.81. The molecule has 1 N–H and O–H groups in total. The van der Waals surface area contributed by atoms with Gasteiger partial charge in [-0.05, 0) is 44.4 Å². The Morgan fingerprint density at radius 1 is 1.16 bits per heavy atom. The summed E-state index contributed by atoms with van der Waals surface area (Å²) in [7, 11) is 0. The normalized spacial score (nSPS) is 35.4. The van der Waals surface area contributed by atoms with Gasteiger partial charge in [0, 0.05) is 30.6 Å². The molecule has 3 aliphatic rings. The minimum atomic E-state index is 0.334. The highest BCUT2D eigenvalue weighted by Gasteiger charge is 2.40. The first-order valence-corrected chi connectivity index (χ1v) is 8.19. The fourth-order valence-electron chi connectivity index (χ4n) is 3.98. The SMILES string of the molecule is CC(C)CN1C2CCCC1CC(NC(=O)C1CC1)C2. The molecule has 2 bridgehead atoms. The molecule has 2 heterocycles. The van der Waals surface area contributed by atoms with Crippen molar-refractivity contribution in [2.45, 2.75) is 76.9 Å². The van der Waals surface area contributed by atoms with Crippen LogP contribution >= 0.6 is 0 Å². The second kappa shape index (κ2) is 5.43. The van der Waals surface area contributed by atoms with Gasteiger partial charge in [-0.25, -0.2) is 0 Å². The Morgan fingerprint density at radius 2 is 1.79 bits per heavy atom. The van der Waals surface area contributed by atoms with Gasteiger partial charge in [-0.3, -0.25) is 9.69 Å². The van der Waals surface area contributed by atoms with Crippen molar-refractivity contribution in [1.82, 2.24) is 10.2 Å². The second-order valence-corrected chi connectivity index (χ2v) is 7.28. The van der Waals surface area contributed by atoms with Crippen molar-refractivity contribution < 1.29 is 4.79 Å². The lowest BCUT2D eigenvalue weighted by Gasteiger charge is -2.49. The Morgan fingerprint density at radius 3 is 2.32 bits per heavy atom. The van der Waals surface area contributed by atoms with E-state index in [1.807, 2.05) is 0 Å². The maximum atomic E-state index is 11.9. The first-order valence-electron chi connectivity index (χ1n) is 8.19. The third kappa shape index (κ3) is 3.13. The molecule has 2 aliphatic heterocycles. The molecule has 3 heteroatoms. The molecule has 0 spiro atoms. The molecule has 3 nitrogen and oxygen atoms in total. The fraction of sp³-hybridized carbons (Fsp3) is 0.938. The van der Waals surface area contributed by atoms with Crippen LogP contribution in [0.4, 0.5) is 0 Å². The maximum absolute atomic E-state index is 11.9. The molecule has 0 aromatic rings. The van der Waals surface area contributed by atoms with Gasteiger partial charge < -0.3 is 5.32 Å². The standard InChI is InChI=1S/C16H28N2O/c1-11(2)10-18-14-4-3-5-15(18)9-13(8-14)17-16(19)12-6-7-12/h11-15H,3-10H2,1-2H3,(H,17,19). The third-order valence-corrected chi connectivity index (χ3v) is 5.00. The summed E-state index contributed by atoms with van der Waals surface area (Å²) in [6, 6.07) is 1.89. The van der Waals surface area contributed by atoms with Crippen LogP contribution < -0.4 is 5.32 Å². The van der Waals surface area contributed by atoms with Crippen molar-refractivity contribution in [1.29, 1.82) is 0 Å². The molecule has 0 radical (unpaired) electrons. The van der Waals surface area contributed by atoms with Gasteiger partial charge in [0.15, 0.2) is 0 Å². The highest BCUT2D eigenvalue weighted by atomic mass is 16.2. The van der Waals surface area contributed by atoms with Crippen LogP contribution in [0.25, 0.3) is 0 Å². The fourth-order valence-corrected chi connectivity index (χ4v) is 3.98. The number of rotatable bonds is 4. The summed E-state index contributed by atoms with van der Waals surface area (Å²) in [5.74, 6) is 1.44. The Bertz CT molecular complexity index is 324. The number of nitrogens with one attached hydrogen (secondary N) is 1. The topological polar surface area (TPSA) is 32.3 Å². The summed E-state index contributed by atoms with van der Waals surface area (Å²) in [6.07, 6.45) is 8.64. The van der Waals surface area contributed by atoms with Crippen LogP contribution in [0.2, 0.25) is 0 Å². The van der Waals surface area contributed by atoms with Gasteiger partial charge >= 0.3 is 0 Å². The average molecular weight is 264 g/mol. The van der Waals surface area contributed by atoms with Crippen molar-refractivity contribution in [3.8, 4) is 0 Å². The van der Waals surface area contributed by atoms with Gasteiger partial charge in [-0.1, -0.05) is 20.3 Å². The van der Waals surface area contributed by atoms with E-state index in [2.05, 4.69) is 24.1 Å². The molecule has 19 heavy (non-hydrogen) atoms. The second-order valence-electron chi connectivity index (χ2n) is 7.28. The molecule has 2 atom stereocenters. The first kappa shape index (κ1) is 13.4. The summed E-state index contributed by atoms with van der Waals surface area (Å²) in [4.78, 5) is 14.7. The van der Waals surface area contributed by atoms with E-state index >= 15 is 0 Å². The van der Waals surface area contributed by atoms with Crippen molar-refractivity contribution >= 4 is 5.91 Å². The first-order chi connectivity index (χ1) is 9.13. The number of carbonyl (C=O) groups excluding carboxylic acids is 1. The van der Waals surface area contributed by atoms with E-state index in [4.69, 9.17) is 0 Å². The van der Waals surface area contributed by atoms with Crippen LogP contribution in [0.15, 0.2) is 0 Å². The molecule has 2 saturated heterocycles. The summed E-state index contributed by atoms with van der Waals surface area (Å²) >= 11 is 0. The zero-order valence-corrected chi connectivity index (χ0v) is 12.4. The van der Waals surface area contributed by atoms with Gasteiger partial charge in [0.05, 0.1) is 0 Å². The van der Waals surface area contributed by atoms with Crippen molar-refractivity contribution in [2.75, 3.05) is 6.54 Å². The molecule has 1 aliphatic carbocycles. The lowest BCUT2D eigenvalue weighted by molar-refractivity contribution is -0.123. The van der Waals surface area contributed by atoms with Crippen molar-refractivity contribution in [3.05, 3.63) is 0 Å². The molecule has 108 valence electrons. The number of hydrogen-bond acceptors (Lipinski definition) is 2. The van der Waals surface area contributed by atoms with E-state index in [1.54, 1.807) is 0 Å². The highest BCUT2D eigenvalue weighted by molar-refractivity contribution is 5.81. The summed E-state index contributed by atoms with van der Waals surface area (Å²) in [6.45, 7) is 5.87. The zero-order valence-electron chi connectivity index (χ0n) is 12.4. The van der Waals surface area contributed by atoms with E-state index in [1.165, 1.54) is 38.6 Å². The summed E-state index contributed by atoms with van der Waals surface area (Å²) < 4.78 is 0. The van der Waals surface area contributed by atoms with Crippen LogP contribution in [-0.4, -0.2) is 35.5 Å². The Labute approximate surface area is 117 Å². The van der Waals surface area contributed by atoms with E-state index in [-0.39, 0.29) is 0 Å². The number of fused-ring (bicyclic) bond motifs is 2. The molecule has 1 saturated carbocycles. The monoisotopic (exact) mass is 264 g/mol. The molecule has 0 aromatic carbocycles. The Hall–Kier alpha value is -0.570. The van der Waals surface area contributed by atoms with Crippen LogP contribution in [-0.2, 0) is 4.79 Å². The van der Waals surface area contributed by atoms with Gasteiger partial charge in [-0.2, -0.15) is 0 Å². The molecule has 1 amide bonds. The minimum Gasteiger partial charge on any atom is -0.353 e. The number of hydrogen-bond donors (Lipinski definition) is 1. The highest BCUT2D eigenvalue weighted by Crippen LogP contribution is 2.35. The quantitative estimate of drug-likeness (QED) is 0.846. The van der Waals surface area contributed by atoms with Crippen LogP contribution in [0, 0.1) is 11.8 Å². The predicted molar refractivity (Wildman–Crippen MR) is 76.9 cm³/mol. The zero-order chi connectivity index (χ0) is 13.4. The van der Waals surface area contributed by atoms with Crippen LogP contribution in [0.1, 0.15) is 58.8 Å². The molecule has 3 fully saturated rings. The predicted octanol–water partition coefficient (Wildman–Crippen LogP) is 2.55. The van der Waals surface area contributed by atoms with E-state index in [0.29, 0.717) is 17.9 Å². The maximum Gasteiger partial charge on any atom is 0.223 e. The molecule has 3 rings (SSSR count). The van der Waals surface area contributed by atoms with Gasteiger partial charge in [-0.15, -0.1) is 0 Å². The lowest BCUT2D eigenvalue weighted by Crippen LogP contribution is -2.57. The van der Waals surface area contributed by atoms with Crippen LogP contribution in [0.3, 0.4) is 0 Å². The van der Waals surface area contributed by atoms with E-state index < -0.39 is 0 Å². The van der Waals surface area contributed by atoms with Crippen molar-refractivity contribution in [3.63, 3.8) is 0 Å². The van der Waals surface area contributed by atoms with E-state index in [9.17, 15) is 4.79 Å². The van der Waals surface area contributed by atoms with Crippen molar-refractivity contribution in [2.24, 2.45) is 11.8 Å². The van der Waals surface area contributed by atoms with Gasteiger partial charge in [0.2, 0.25) is 5.91 Å². The molecule has 2 unspecified atom stereocenters. The van der Waals surface area contributed by atoms with Crippen LogP contribution in [0.5, 0.6) is 0 Å². The number of piperidine rings is 2. The van der Waals surface area contributed by atoms with Gasteiger partial charge in [0.25, 0.3) is 0 Å².